The largest absolute Gasteiger partial charge is 0.497 e. The first-order chi connectivity index (χ1) is 7.61. The second-order valence-electron chi connectivity index (χ2n) is 3.16. The lowest BCUT2D eigenvalue weighted by atomic mass is 10.1. The van der Waals surface area contributed by atoms with Gasteiger partial charge in [0.2, 0.25) is 11.1 Å². The van der Waals surface area contributed by atoms with E-state index in [-0.39, 0.29) is 18.9 Å². The predicted octanol–water partition coefficient (Wildman–Crippen LogP) is 1.12. The number of benzene rings is 1. The summed E-state index contributed by atoms with van der Waals surface area (Å²) in [6, 6.07) is 7.13. The Labute approximate surface area is 98.5 Å². The van der Waals surface area contributed by atoms with E-state index in [1.807, 2.05) is 0 Å². The number of ether oxygens (including phenoxy) is 1. The lowest BCUT2D eigenvalue weighted by Crippen LogP contribution is -2.28. The zero-order valence-corrected chi connectivity index (χ0v) is 9.58. The number of nitrogens with one attached hydrogen (secondary N) is 1. The van der Waals surface area contributed by atoms with Crippen molar-refractivity contribution in [1.82, 2.24) is 5.32 Å². The molecule has 0 radical (unpaired) electrons. The van der Waals surface area contributed by atoms with Crippen molar-refractivity contribution in [1.29, 1.82) is 0 Å². The third kappa shape index (κ3) is 4.31. The average molecular weight is 242 g/mol. The molecule has 86 valence electrons. The molecule has 16 heavy (non-hydrogen) atoms. The Hall–Kier alpha value is -1.55. The van der Waals surface area contributed by atoms with E-state index in [1.165, 1.54) is 0 Å². The van der Waals surface area contributed by atoms with Crippen molar-refractivity contribution < 1.29 is 14.3 Å². The van der Waals surface area contributed by atoms with Gasteiger partial charge in [0.25, 0.3) is 0 Å². The second kappa shape index (κ2) is 6.12. The normalized spacial score (nSPS) is 9.62. The number of hydrogen-bond donors (Lipinski definition) is 1. The minimum Gasteiger partial charge on any atom is -0.497 e. The highest BCUT2D eigenvalue weighted by Gasteiger charge is 2.04. The number of carbonyl (C=O) groups is 2. The lowest BCUT2D eigenvalue weighted by Gasteiger charge is -2.04. The molecule has 1 aromatic rings. The van der Waals surface area contributed by atoms with E-state index in [1.54, 1.807) is 31.4 Å². The number of hydrogen-bond acceptors (Lipinski definition) is 3. The second-order valence-corrected chi connectivity index (χ2v) is 3.58. The quantitative estimate of drug-likeness (QED) is 0.786. The summed E-state index contributed by atoms with van der Waals surface area (Å²) >= 11 is 5.09. The van der Waals surface area contributed by atoms with Crippen LogP contribution in [-0.2, 0) is 16.0 Å². The van der Waals surface area contributed by atoms with E-state index in [0.717, 1.165) is 11.3 Å². The van der Waals surface area contributed by atoms with Gasteiger partial charge in [0.15, 0.2) is 0 Å². The molecule has 0 bridgehead atoms. The third-order valence-electron chi connectivity index (χ3n) is 1.95. The summed E-state index contributed by atoms with van der Waals surface area (Å²) in [5, 5.41) is 1.83. The summed E-state index contributed by atoms with van der Waals surface area (Å²) in [4.78, 5) is 21.7. The Morgan fingerprint density at radius 2 is 1.94 bits per heavy atom. The zero-order valence-electron chi connectivity index (χ0n) is 8.83. The van der Waals surface area contributed by atoms with Crippen LogP contribution in [0.5, 0.6) is 5.75 Å². The molecule has 0 heterocycles. The minimum absolute atomic E-state index is 0.142. The van der Waals surface area contributed by atoms with Gasteiger partial charge < -0.3 is 10.1 Å². The molecule has 4 nitrogen and oxygen atoms in total. The van der Waals surface area contributed by atoms with E-state index in [9.17, 15) is 9.59 Å². The van der Waals surface area contributed by atoms with Crippen molar-refractivity contribution in [2.24, 2.45) is 0 Å². The third-order valence-corrected chi connectivity index (χ3v) is 2.08. The average Bonchev–Trinajstić information content (AvgIpc) is 2.27. The van der Waals surface area contributed by atoms with Crippen LogP contribution in [0.15, 0.2) is 24.3 Å². The summed E-state index contributed by atoms with van der Waals surface area (Å²) in [5.41, 5.74) is 0.848. The Morgan fingerprint density at radius 1 is 1.31 bits per heavy atom. The Kier molecular flexibility index (Phi) is 4.79. The van der Waals surface area contributed by atoms with Crippen LogP contribution in [0.4, 0.5) is 0 Å². The lowest BCUT2D eigenvalue weighted by molar-refractivity contribution is -0.122. The molecule has 0 aliphatic carbocycles. The monoisotopic (exact) mass is 241 g/mol. The van der Waals surface area contributed by atoms with E-state index in [4.69, 9.17) is 16.3 Å². The first-order valence-electron chi connectivity index (χ1n) is 4.70. The summed E-state index contributed by atoms with van der Waals surface area (Å²) in [7, 11) is 1.58. The molecule has 1 N–H and O–H groups in total. The fraction of sp³-hybridized carbons (Fsp3) is 0.273. The molecule has 0 spiro atoms. The van der Waals surface area contributed by atoms with Crippen LogP contribution in [0.3, 0.4) is 0 Å². The SMILES string of the molecule is COc1ccc(CC(=O)NCC(=O)Cl)cc1. The van der Waals surface area contributed by atoms with Gasteiger partial charge in [0.1, 0.15) is 5.75 Å². The molecule has 1 amide bonds. The maximum atomic E-state index is 11.3. The Bertz CT molecular complexity index is 375. The zero-order chi connectivity index (χ0) is 12.0. The molecule has 0 aliphatic heterocycles. The van der Waals surface area contributed by atoms with E-state index in [0.29, 0.717) is 0 Å². The first kappa shape index (κ1) is 12.5. The van der Waals surface area contributed by atoms with Gasteiger partial charge in [-0.25, -0.2) is 0 Å². The van der Waals surface area contributed by atoms with Gasteiger partial charge in [-0.3, -0.25) is 9.59 Å². The van der Waals surface area contributed by atoms with Gasteiger partial charge >= 0.3 is 0 Å². The smallest absolute Gasteiger partial charge is 0.240 e. The number of carbonyl (C=O) groups excluding carboxylic acids is 2. The molecule has 5 heteroatoms. The number of halogens is 1. The van der Waals surface area contributed by atoms with Gasteiger partial charge in [-0.15, -0.1) is 0 Å². The summed E-state index contributed by atoms with van der Waals surface area (Å²) < 4.78 is 4.99. The maximum Gasteiger partial charge on any atom is 0.240 e. The van der Waals surface area contributed by atoms with Crippen molar-refractivity contribution in [2.75, 3.05) is 13.7 Å². The fourth-order valence-electron chi connectivity index (χ4n) is 1.16. The fourth-order valence-corrected chi connectivity index (χ4v) is 1.23. The summed E-state index contributed by atoms with van der Waals surface area (Å²) in [6.07, 6.45) is 0.216. The molecule has 1 rings (SSSR count). The summed E-state index contributed by atoms with van der Waals surface area (Å²) in [6.45, 7) is -0.142. The highest BCUT2D eigenvalue weighted by atomic mass is 35.5. The highest BCUT2D eigenvalue weighted by Crippen LogP contribution is 2.11. The van der Waals surface area contributed by atoms with E-state index >= 15 is 0 Å². The van der Waals surface area contributed by atoms with Crippen LogP contribution < -0.4 is 10.1 Å². The standard InChI is InChI=1S/C11H12ClNO3/c1-16-9-4-2-8(3-5-9)6-11(15)13-7-10(12)14/h2-5H,6-7H2,1H3,(H,13,15). The van der Waals surface area contributed by atoms with Gasteiger partial charge in [-0.1, -0.05) is 12.1 Å². The molecule has 1 aromatic carbocycles. The van der Waals surface area contributed by atoms with E-state index in [2.05, 4.69) is 5.32 Å². The van der Waals surface area contributed by atoms with Gasteiger partial charge in [-0.05, 0) is 29.3 Å². The first-order valence-corrected chi connectivity index (χ1v) is 5.07. The summed E-state index contributed by atoms with van der Waals surface area (Å²) in [5.74, 6) is 0.499. The van der Waals surface area contributed by atoms with Gasteiger partial charge in [-0.2, -0.15) is 0 Å². The highest BCUT2D eigenvalue weighted by molar-refractivity contribution is 6.64. The van der Waals surface area contributed by atoms with Gasteiger partial charge in [0, 0.05) is 0 Å². The molecular weight excluding hydrogens is 230 g/mol. The molecule has 0 fully saturated rings. The van der Waals surface area contributed by atoms with Crippen molar-refractivity contribution in [2.45, 2.75) is 6.42 Å². The van der Waals surface area contributed by atoms with Crippen LogP contribution >= 0.6 is 11.6 Å². The molecular formula is C11H12ClNO3. The maximum absolute atomic E-state index is 11.3. The molecule has 0 unspecified atom stereocenters. The topological polar surface area (TPSA) is 55.4 Å². The molecule has 0 saturated heterocycles. The van der Waals surface area contributed by atoms with Crippen molar-refractivity contribution >= 4 is 22.8 Å². The Morgan fingerprint density at radius 3 is 2.44 bits per heavy atom. The molecule has 0 aromatic heterocycles. The molecule has 0 saturated carbocycles. The van der Waals surface area contributed by atoms with E-state index < -0.39 is 5.24 Å². The predicted molar refractivity (Wildman–Crippen MR) is 60.6 cm³/mol. The van der Waals surface area contributed by atoms with Crippen LogP contribution in [0, 0.1) is 0 Å². The van der Waals surface area contributed by atoms with Crippen molar-refractivity contribution in [3.05, 3.63) is 29.8 Å². The van der Waals surface area contributed by atoms with Gasteiger partial charge in [0.05, 0.1) is 20.1 Å². The minimum atomic E-state index is -0.580. The van der Waals surface area contributed by atoms with Crippen LogP contribution in [0.25, 0.3) is 0 Å². The molecule has 0 atom stereocenters. The number of rotatable bonds is 5. The van der Waals surface area contributed by atoms with Crippen LogP contribution in [0.1, 0.15) is 5.56 Å². The Balaban J connectivity index is 2.46. The number of amides is 1. The number of methoxy groups -OCH3 is 1. The van der Waals surface area contributed by atoms with Crippen LogP contribution in [0.2, 0.25) is 0 Å². The van der Waals surface area contributed by atoms with Crippen molar-refractivity contribution in [3.8, 4) is 5.75 Å². The van der Waals surface area contributed by atoms with Crippen LogP contribution in [-0.4, -0.2) is 24.8 Å². The van der Waals surface area contributed by atoms with Crippen molar-refractivity contribution in [3.63, 3.8) is 0 Å². The molecule has 0 aliphatic rings.